The number of amides is 2. The van der Waals surface area contributed by atoms with Crippen LogP contribution in [0.4, 0.5) is 0 Å². The van der Waals surface area contributed by atoms with Crippen molar-refractivity contribution in [3.8, 4) is 11.1 Å². The van der Waals surface area contributed by atoms with E-state index in [4.69, 9.17) is 4.74 Å². The van der Waals surface area contributed by atoms with E-state index >= 15 is 0 Å². The minimum atomic E-state index is -0.179. The van der Waals surface area contributed by atoms with Crippen LogP contribution in [0.3, 0.4) is 0 Å². The molecule has 0 fully saturated rings. The van der Waals surface area contributed by atoms with Gasteiger partial charge in [0.1, 0.15) is 6.54 Å². The Labute approximate surface area is 244 Å². The van der Waals surface area contributed by atoms with Gasteiger partial charge in [-0.3, -0.25) is 9.59 Å². The van der Waals surface area contributed by atoms with Crippen molar-refractivity contribution in [2.75, 3.05) is 26.8 Å². The van der Waals surface area contributed by atoms with E-state index in [1.165, 1.54) is 11.1 Å². The Balaban J connectivity index is 1.51. The Morgan fingerprint density at radius 2 is 1.56 bits per heavy atom. The van der Waals surface area contributed by atoms with Gasteiger partial charge in [-0.1, -0.05) is 73.7 Å². The van der Waals surface area contributed by atoms with Gasteiger partial charge in [0.05, 0.1) is 13.2 Å². The van der Waals surface area contributed by atoms with Gasteiger partial charge >= 0.3 is 0 Å². The average molecular weight is 552 g/mol. The predicted octanol–water partition coefficient (Wildman–Crippen LogP) is 6.43. The van der Waals surface area contributed by atoms with Crippen LogP contribution in [-0.2, 0) is 22.6 Å². The molecule has 6 nitrogen and oxygen atoms in total. The number of rotatable bonds is 13. The summed E-state index contributed by atoms with van der Waals surface area (Å²) in [5.74, 6) is -0.254. The lowest BCUT2D eigenvalue weighted by atomic mass is 10.0. The number of nitrogens with zero attached hydrogens (tertiary/aromatic N) is 3. The molecule has 41 heavy (non-hydrogen) atoms. The molecular weight excluding hydrogens is 510 g/mol. The largest absolute Gasteiger partial charge is 0.383 e. The summed E-state index contributed by atoms with van der Waals surface area (Å²) in [6, 6.07) is 30.1. The fourth-order valence-electron chi connectivity index (χ4n) is 4.93. The van der Waals surface area contributed by atoms with Crippen LogP contribution < -0.4 is 0 Å². The predicted molar refractivity (Wildman–Crippen MR) is 165 cm³/mol. The molecule has 1 unspecified atom stereocenters. The van der Waals surface area contributed by atoms with E-state index in [0.29, 0.717) is 25.3 Å². The molecule has 1 atom stereocenters. The summed E-state index contributed by atoms with van der Waals surface area (Å²) >= 11 is 0. The Morgan fingerprint density at radius 1 is 0.878 bits per heavy atom. The number of ether oxygens (including phenoxy) is 1. The van der Waals surface area contributed by atoms with Gasteiger partial charge in [0.25, 0.3) is 5.91 Å². The first-order chi connectivity index (χ1) is 19.9. The van der Waals surface area contributed by atoms with E-state index in [0.717, 1.165) is 29.8 Å². The van der Waals surface area contributed by atoms with Crippen molar-refractivity contribution in [3.05, 3.63) is 120 Å². The summed E-state index contributed by atoms with van der Waals surface area (Å²) in [5, 5.41) is 0. The number of carbonyl (C=O) groups is 2. The van der Waals surface area contributed by atoms with Crippen molar-refractivity contribution < 1.29 is 14.3 Å². The summed E-state index contributed by atoms with van der Waals surface area (Å²) in [6.07, 6.45) is 2.88. The highest BCUT2D eigenvalue weighted by atomic mass is 16.5. The molecule has 6 heteroatoms. The number of hydrogen-bond donors (Lipinski definition) is 0. The smallest absolute Gasteiger partial charge is 0.254 e. The lowest BCUT2D eigenvalue weighted by molar-refractivity contribution is -0.135. The van der Waals surface area contributed by atoms with E-state index < -0.39 is 0 Å². The average Bonchev–Trinajstić information content (AvgIpc) is 3.45. The van der Waals surface area contributed by atoms with Crippen LogP contribution in [-0.4, -0.2) is 59.0 Å². The Bertz CT molecular complexity index is 1410. The van der Waals surface area contributed by atoms with Gasteiger partial charge in [-0.2, -0.15) is 0 Å². The maximum atomic E-state index is 13.8. The standard InChI is InChI=1S/C35H41N3O3/c1-5-28(3)38(25-33-16-11-21-36(33)24-32-15-10-9-12-27(32)2)34(39)26-37(22-23-41-4)35(40)31-19-17-30(18-20-31)29-13-7-6-8-14-29/h6-21,28H,5,22-26H2,1-4H3. The van der Waals surface area contributed by atoms with E-state index in [1.807, 2.05) is 71.6 Å². The number of benzene rings is 3. The normalized spacial score (nSPS) is 11.7. The van der Waals surface area contributed by atoms with Gasteiger partial charge in [-0.05, 0) is 66.8 Å². The van der Waals surface area contributed by atoms with Gasteiger partial charge < -0.3 is 19.1 Å². The van der Waals surface area contributed by atoms with Crippen LogP contribution in [0, 0.1) is 6.92 Å². The molecule has 0 spiro atoms. The monoisotopic (exact) mass is 551 g/mol. The highest BCUT2D eigenvalue weighted by Gasteiger charge is 2.25. The zero-order valence-electron chi connectivity index (χ0n) is 24.6. The number of methoxy groups -OCH3 is 1. The maximum Gasteiger partial charge on any atom is 0.254 e. The first kappa shape index (κ1) is 29.8. The molecule has 0 radical (unpaired) electrons. The molecule has 4 rings (SSSR count). The fraction of sp³-hybridized carbons (Fsp3) is 0.314. The molecule has 0 aliphatic rings. The summed E-state index contributed by atoms with van der Waals surface area (Å²) in [7, 11) is 1.60. The molecule has 0 saturated heterocycles. The van der Waals surface area contributed by atoms with Gasteiger partial charge in [0, 0.05) is 43.7 Å². The van der Waals surface area contributed by atoms with Crippen LogP contribution in [0.15, 0.2) is 97.2 Å². The highest BCUT2D eigenvalue weighted by Crippen LogP contribution is 2.21. The maximum absolute atomic E-state index is 13.8. The first-order valence-corrected chi connectivity index (χ1v) is 14.3. The van der Waals surface area contributed by atoms with Crippen LogP contribution in [0.2, 0.25) is 0 Å². The molecule has 3 aromatic carbocycles. The molecule has 0 aliphatic heterocycles. The molecule has 2 amide bonds. The van der Waals surface area contributed by atoms with E-state index in [1.54, 1.807) is 12.0 Å². The molecule has 0 saturated carbocycles. The zero-order chi connectivity index (χ0) is 29.2. The quantitative estimate of drug-likeness (QED) is 0.193. The van der Waals surface area contributed by atoms with Crippen molar-refractivity contribution >= 4 is 11.8 Å². The molecule has 1 aromatic heterocycles. The van der Waals surface area contributed by atoms with Crippen molar-refractivity contribution in [2.45, 2.75) is 46.3 Å². The van der Waals surface area contributed by atoms with Crippen molar-refractivity contribution in [2.24, 2.45) is 0 Å². The molecule has 1 heterocycles. The second-order valence-electron chi connectivity index (χ2n) is 10.5. The number of hydrogen-bond acceptors (Lipinski definition) is 3. The van der Waals surface area contributed by atoms with E-state index in [-0.39, 0.29) is 24.4 Å². The van der Waals surface area contributed by atoms with Gasteiger partial charge in [0.2, 0.25) is 5.91 Å². The van der Waals surface area contributed by atoms with Crippen LogP contribution in [0.5, 0.6) is 0 Å². The molecule has 0 N–H and O–H groups in total. The van der Waals surface area contributed by atoms with E-state index in [2.05, 4.69) is 55.8 Å². The topological polar surface area (TPSA) is 54.8 Å². The van der Waals surface area contributed by atoms with E-state index in [9.17, 15) is 9.59 Å². The minimum Gasteiger partial charge on any atom is -0.383 e. The third kappa shape index (κ3) is 7.74. The van der Waals surface area contributed by atoms with Gasteiger partial charge in [-0.15, -0.1) is 0 Å². The van der Waals surface area contributed by atoms with Gasteiger partial charge in [0.15, 0.2) is 0 Å². The van der Waals surface area contributed by atoms with Gasteiger partial charge in [-0.25, -0.2) is 0 Å². The molecule has 4 aromatic rings. The van der Waals surface area contributed by atoms with Crippen LogP contribution >= 0.6 is 0 Å². The summed E-state index contributed by atoms with van der Waals surface area (Å²) in [5.41, 5.74) is 6.24. The lowest BCUT2D eigenvalue weighted by Crippen LogP contribution is -2.46. The summed E-state index contributed by atoms with van der Waals surface area (Å²) in [4.78, 5) is 30.9. The summed E-state index contributed by atoms with van der Waals surface area (Å²) < 4.78 is 7.49. The third-order valence-corrected chi connectivity index (χ3v) is 7.72. The Kier molecular flexibility index (Phi) is 10.5. The molecule has 0 aliphatic carbocycles. The fourth-order valence-corrected chi connectivity index (χ4v) is 4.93. The highest BCUT2D eigenvalue weighted by molar-refractivity contribution is 5.97. The van der Waals surface area contributed by atoms with Crippen molar-refractivity contribution in [3.63, 3.8) is 0 Å². The minimum absolute atomic E-state index is 0.00846. The second-order valence-corrected chi connectivity index (χ2v) is 10.5. The van der Waals surface area contributed by atoms with Crippen molar-refractivity contribution in [1.29, 1.82) is 0 Å². The Hall–Kier alpha value is -4.16. The third-order valence-electron chi connectivity index (χ3n) is 7.72. The Morgan fingerprint density at radius 3 is 2.24 bits per heavy atom. The number of carbonyl (C=O) groups excluding carboxylic acids is 2. The van der Waals surface area contributed by atoms with Crippen LogP contribution in [0.25, 0.3) is 11.1 Å². The lowest BCUT2D eigenvalue weighted by Gasteiger charge is -2.32. The number of aromatic nitrogens is 1. The molecular formula is C35H41N3O3. The number of aryl methyl sites for hydroxylation is 1. The zero-order valence-corrected chi connectivity index (χ0v) is 24.6. The first-order valence-electron chi connectivity index (χ1n) is 14.3. The SMILES string of the molecule is CCC(C)N(Cc1cccn1Cc1ccccc1C)C(=O)CN(CCOC)C(=O)c1ccc(-c2ccccc2)cc1. The molecule has 0 bridgehead atoms. The summed E-state index contributed by atoms with van der Waals surface area (Å²) in [6.45, 7) is 8.17. The second kappa shape index (κ2) is 14.5. The van der Waals surface area contributed by atoms with Crippen LogP contribution in [0.1, 0.15) is 47.4 Å². The van der Waals surface area contributed by atoms with Crippen molar-refractivity contribution in [1.82, 2.24) is 14.4 Å². The molecule has 214 valence electrons.